The molecule has 3 amide bonds. The zero-order chi connectivity index (χ0) is 31.9. The largest absolute Gasteiger partial charge is 0.466 e. The molecule has 3 unspecified atom stereocenters. The number of ether oxygens (including phenoxy) is 1. The summed E-state index contributed by atoms with van der Waals surface area (Å²) in [7, 11) is 1.25. The Labute approximate surface area is 269 Å². The molecule has 0 radical (unpaired) electrons. The van der Waals surface area contributed by atoms with Crippen molar-refractivity contribution in [1.82, 2.24) is 15.2 Å². The van der Waals surface area contributed by atoms with E-state index in [0.717, 1.165) is 30.6 Å². The Hall–Kier alpha value is -3.15. The van der Waals surface area contributed by atoms with E-state index >= 15 is 0 Å². The lowest BCUT2D eigenvalue weighted by molar-refractivity contribution is -0.134. The first-order valence-corrected chi connectivity index (χ1v) is 16.1. The molecule has 44 heavy (non-hydrogen) atoms. The highest BCUT2D eigenvalue weighted by Gasteiger charge is 2.68. The molecule has 2 aromatic rings. The molecule has 236 valence electrons. The second-order valence-electron chi connectivity index (χ2n) is 12.9. The Morgan fingerprint density at radius 3 is 2.48 bits per heavy atom. The van der Waals surface area contributed by atoms with Gasteiger partial charge in [0.15, 0.2) is 0 Å². The van der Waals surface area contributed by atoms with Crippen molar-refractivity contribution >= 4 is 63.9 Å². The number of allylic oxidation sites excluding steroid dienone is 1. The fourth-order valence-corrected chi connectivity index (χ4v) is 9.38. The van der Waals surface area contributed by atoms with E-state index in [2.05, 4.69) is 34.5 Å². The molecule has 10 nitrogen and oxygen atoms in total. The highest BCUT2D eigenvalue weighted by molar-refractivity contribution is 7.20. The number of esters is 1. The van der Waals surface area contributed by atoms with Crippen LogP contribution in [-0.2, 0) is 25.7 Å². The van der Waals surface area contributed by atoms with Crippen LogP contribution in [0.25, 0.3) is 0 Å². The molecular formula is C31H36Cl2N4O6S. The van der Waals surface area contributed by atoms with E-state index in [1.165, 1.54) is 55.0 Å². The molecule has 0 spiro atoms. The van der Waals surface area contributed by atoms with Gasteiger partial charge < -0.3 is 25.3 Å². The number of hydrogen-bond donors (Lipinski definition) is 3. The number of carbonyl (C=O) groups is 4. The average Bonchev–Trinajstić information content (AvgIpc) is 3.42. The first-order chi connectivity index (χ1) is 20.8. The standard InChI is InChI=1S/C31H36Cl2N4O6S/c1-29-12-18-13-30(29,2)17-31(14-18,16-29)36-23(38)15-37-10-6-8-21(28(37)42)35-27(41)20(7-4-5-9-24(39)43-3)34-26(40)19-11-22(32)44-25(19)33/h5-6,8-11,18,20H,4,7,12-17H2,1-3H3,(H,34,40)(H,35,41)(H,36,38)/b9-5+/t18?,20-,29+,30?,31?/m0/s1. The van der Waals surface area contributed by atoms with Gasteiger partial charge >= 0.3 is 5.97 Å². The number of carbonyl (C=O) groups excluding carboxylic acids is 4. The van der Waals surface area contributed by atoms with Crippen LogP contribution in [0.5, 0.6) is 0 Å². The highest BCUT2D eigenvalue weighted by atomic mass is 35.5. The van der Waals surface area contributed by atoms with Gasteiger partial charge in [0, 0.05) is 17.8 Å². The zero-order valence-corrected chi connectivity index (χ0v) is 27.2. The highest BCUT2D eigenvalue weighted by Crippen LogP contribution is 2.73. The van der Waals surface area contributed by atoms with Gasteiger partial charge in [-0.1, -0.05) is 43.1 Å². The summed E-state index contributed by atoms with van der Waals surface area (Å²) in [5.74, 6) is -1.45. The molecule has 0 saturated heterocycles. The number of rotatable bonds is 11. The molecule has 5 atom stereocenters. The molecule has 0 aromatic carbocycles. The maximum absolute atomic E-state index is 13.4. The normalized spacial score (nSPS) is 27.3. The van der Waals surface area contributed by atoms with Gasteiger partial charge in [-0.2, -0.15) is 0 Å². The lowest BCUT2D eigenvalue weighted by atomic mass is 9.71. The fourth-order valence-electron chi connectivity index (χ4n) is 7.92. The van der Waals surface area contributed by atoms with E-state index in [4.69, 9.17) is 23.2 Å². The number of nitrogens with one attached hydrogen (secondary N) is 3. The van der Waals surface area contributed by atoms with E-state index in [1.807, 2.05) is 0 Å². The summed E-state index contributed by atoms with van der Waals surface area (Å²) in [5.41, 5.74) is -0.251. The second kappa shape index (κ2) is 12.3. The lowest BCUT2D eigenvalue weighted by Crippen LogP contribution is -2.52. The van der Waals surface area contributed by atoms with Gasteiger partial charge in [0.25, 0.3) is 11.5 Å². The Morgan fingerprint density at radius 1 is 1.16 bits per heavy atom. The van der Waals surface area contributed by atoms with Crippen LogP contribution in [-0.4, -0.2) is 46.9 Å². The topological polar surface area (TPSA) is 136 Å². The third-order valence-corrected chi connectivity index (χ3v) is 11.2. The van der Waals surface area contributed by atoms with Crippen molar-refractivity contribution in [3.05, 3.63) is 61.1 Å². The lowest BCUT2D eigenvalue weighted by Gasteiger charge is -2.41. The van der Waals surface area contributed by atoms with Gasteiger partial charge in [0.1, 0.15) is 22.6 Å². The molecule has 6 rings (SSSR count). The molecule has 4 aliphatic rings. The van der Waals surface area contributed by atoms with Gasteiger partial charge in [0.2, 0.25) is 11.8 Å². The molecule has 2 heterocycles. The molecule has 4 saturated carbocycles. The third-order valence-electron chi connectivity index (χ3n) is 9.67. The quantitative estimate of drug-likeness (QED) is 0.230. The molecule has 3 N–H and O–H groups in total. The first kappa shape index (κ1) is 32.2. The number of pyridine rings is 1. The van der Waals surface area contributed by atoms with Crippen molar-refractivity contribution in [2.45, 2.75) is 76.9 Å². The maximum atomic E-state index is 13.4. The predicted molar refractivity (Wildman–Crippen MR) is 169 cm³/mol. The monoisotopic (exact) mass is 662 g/mol. The Balaban J connectivity index is 1.26. The molecule has 4 bridgehead atoms. The number of halogens is 2. The van der Waals surface area contributed by atoms with Gasteiger partial charge in [-0.3, -0.25) is 19.2 Å². The molecule has 0 aliphatic heterocycles. The minimum Gasteiger partial charge on any atom is -0.466 e. The van der Waals surface area contributed by atoms with E-state index in [1.54, 1.807) is 6.07 Å². The van der Waals surface area contributed by atoms with Crippen molar-refractivity contribution in [1.29, 1.82) is 0 Å². The van der Waals surface area contributed by atoms with Gasteiger partial charge in [-0.05, 0) is 79.9 Å². The number of amides is 3. The molecule has 2 aromatic heterocycles. The SMILES string of the molecule is COC(=O)/C=C/CC[C@H](NC(=O)c1cc(Cl)sc1Cl)C(=O)Nc1cccn(CC(=O)NC23CC4CC(C)(C2)[C@](C)(C4)C3)c1=O. The summed E-state index contributed by atoms with van der Waals surface area (Å²) in [6.45, 7) is 4.50. The number of thiophene rings is 1. The Morgan fingerprint density at radius 2 is 1.86 bits per heavy atom. The average molecular weight is 664 g/mol. The summed E-state index contributed by atoms with van der Waals surface area (Å²) >= 11 is 13.1. The van der Waals surface area contributed by atoms with Crippen molar-refractivity contribution in [3.63, 3.8) is 0 Å². The van der Waals surface area contributed by atoms with E-state index < -0.39 is 29.4 Å². The van der Waals surface area contributed by atoms with Gasteiger partial charge in [-0.15, -0.1) is 11.3 Å². The maximum Gasteiger partial charge on any atom is 0.330 e. The summed E-state index contributed by atoms with van der Waals surface area (Å²) in [6, 6.07) is 3.33. The summed E-state index contributed by atoms with van der Waals surface area (Å²) < 4.78 is 6.32. The summed E-state index contributed by atoms with van der Waals surface area (Å²) in [6.07, 6.45) is 9.88. The minimum absolute atomic E-state index is 0.0377. The fraction of sp³-hybridized carbons (Fsp3) is 0.516. The van der Waals surface area contributed by atoms with Gasteiger partial charge in [-0.25, -0.2) is 4.79 Å². The molecule has 4 fully saturated rings. The summed E-state index contributed by atoms with van der Waals surface area (Å²) in [5, 5.41) is 8.52. The number of anilines is 1. The van der Waals surface area contributed by atoms with Crippen LogP contribution in [0, 0.1) is 16.7 Å². The van der Waals surface area contributed by atoms with E-state index in [0.29, 0.717) is 10.3 Å². The van der Waals surface area contributed by atoms with Crippen LogP contribution in [0.2, 0.25) is 8.67 Å². The van der Waals surface area contributed by atoms with Crippen LogP contribution in [0.4, 0.5) is 5.69 Å². The van der Waals surface area contributed by atoms with Crippen molar-refractivity contribution < 1.29 is 23.9 Å². The number of nitrogens with zero attached hydrogens (tertiary/aromatic N) is 1. The molecule has 13 heteroatoms. The van der Waals surface area contributed by atoms with Crippen LogP contribution in [0.3, 0.4) is 0 Å². The van der Waals surface area contributed by atoms with Crippen LogP contribution in [0.15, 0.2) is 41.3 Å². The zero-order valence-electron chi connectivity index (χ0n) is 24.8. The number of hydrogen-bond acceptors (Lipinski definition) is 7. The smallest absolute Gasteiger partial charge is 0.330 e. The van der Waals surface area contributed by atoms with Crippen LogP contribution in [0.1, 0.15) is 69.2 Å². The Kier molecular flexibility index (Phi) is 9.04. The summed E-state index contributed by atoms with van der Waals surface area (Å²) in [4.78, 5) is 64.3. The second-order valence-corrected chi connectivity index (χ2v) is 15.2. The van der Waals surface area contributed by atoms with Crippen LogP contribution >= 0.6 is 34.5 Å². The number of aromatic nitrogens is 1. The predicted octanol–water partition coefficient (Wildman–Crippen LogP) is 4.94. The van der Waals surface area contributed by atoms with Crippen molar-refractivity contribution in [3.8, 4) is 0 Å². The van der Waals surface area contributed by atoms with E-state index in [-0.39, 0.29) is 57.2 Å². The first-order valence-electron chi connectivity index (χ1n) is 14.6. The molecule has 4 aliphatic carbocycles. The number of methoxy groups -OCH3 is 1. The third kappa shape index (κ3) is 6.46. The minimum atomic E-state index is -1.09. The molecular weight excluding hydrogens is 627 g/mol. The van der Waals surface area contributed by atoms with Crippen LogP contribution < -0.4 is 21.5 Å². The van der Waals surface area contributed by atoms with E-state index in [9.17, 15) is 24.0 Å². The van der Waals surface area contributed by atoms with Gasteiger partial charge in [0.05, 0.1) is 17.0 Å². The van der Waals surface area contributed by atoms with Crippen molar-refractivity contribution in [2.75, 3.05) is 12.4 Å². The Bertz CT molecular complexity index is 1570. The van der Waals surface area contributed by atoms with Crippen molar-refractivity contribution in [2.24, 2.45) is 16.7 Å².